The van der Waals surface area contributed by atoms with Crippen molar-refractivity contribution in [2.45, 2.75) is 32.4 Å². The predicted octanol–water partition coefficient (Wildman–Crippen LogP) is 0.856. The Kier molecular flexibility index (Phi) is 3.53. The second kappa shape index (κ2) is 4.52. The molecule has 90 valence electrons. The molecule has 0 saturated heterocycles. The lowest BCUT2D eigenvalue weighted by atomic mass is 10.2. The van der Waals surface area contributed by atoms with Crippen LogP contribution in [0.25, 0.3) is 0 Å². The molecule has 2 atom stereocenters. The first-order chi connectivity index (χ1) is 7.36. The molecule has 0 fully saturated rings. The normalized spacial score (nSPS) is 15.1. The van der Waals surface area contributed by atoms with Gasteiger partial charge < -0.3 is 10.2 Å². The van der Waals surface area contributed by atoms with Crippen LogP contribution in [0.15, 0.2) is 0 Å². The van der Waals surface area contributed by atoms with Crippen molar-refractivity contribution in [3.05, 3.63) is 11.4 Å². The fraction of sp³-hybridized carbons (Fsp3) is 0.625. The maximum Gasteiger partial charge on any atom is 0.358 e. The Bertz CT molecular complexity index is 392. The zero-order valence-electron chi connectivity index (χ0n) is 8.63. The van der Waals surface area contributed by atoms with Gasteiger partial charge in [0.1, 0.15) is 5.69 Å². The summed E-state index contributed by atoms with van der Waals surface area (Å²) in [4.78, 5) is 10.6. The molecule has 1 heterocycles. The number of hydrogen-bond donors (Lipinski definition) is 2. The fourth-order valence-electron chi connectivity index (χ4n) is 1.16. The Morgan fingerprint density at radius 1 is 1.44 bits per heavy atom. The highest BCUT2D eigenvalue weighted by molar-refractivity contribution is 5.86. The summed E-state index contributed by atoms with van der Waals surface area (Å²) in [6.45, 7) is 2.83. The van der Waals surface area contributed by atoms with Crippen molar-refractivity contribution in [2.75, 3.05) is 0 Å². The number of nitrogens with zero attached hydrogens (tertiary/aromatic N) is 3. The SMILES string of the molecule is CC(O)C(C)n1nnc(C(=O)O)c1C(F)F. The first-order valence-corrected chi connectivity index (χ1v) is 4.50. The number of aromatic nitrogens is 3. The van der Waals surface area contributed by atoms with Gasteiger partial charge in [0.15, 0.2) is 5.69 Å². The fourth-order valence-corrected chi connectivity index (χ4v) is 1.16. The van der Waals surface area contributed by atoms with E-state index in [9.17, 15) is 18.7 Å². The standard InChI is InChI=1S/C8H11F2N3O3/c1-3(4(2)14)13-6(7(9)10)5(8(15)16)11-12-13/h3-4,7,14H,1-2H3,(H,15,16). The van der Waals surface area contributed by atoms with Gasteiger partial charge in [-0.1, -0.05) is 5.21 Å². The van der Waals surface area contributed by atoms with E-state index in [1.807, 2.05) is 0 Å². The molecule has 0 radical (unpaired) electrons. The summed E-state index contributed by atoms with van der Waals surface area (Å²) >= 11 is 0. The molecular weight excluding hydrogens is 224 g/mol. The van der Waals surface area contributed by atoms with Gasteiger partial charge in [0.2, 0.25) is 0 Å². The van der Waals surface area contributed by atoms with Crippen molar-refractivity contribution < 1.29 is 23.8 Å². The number of aliphatic hydroxyl groups excluding tert-OH is 1. The number of carboxylic acid groups (broad SMARTS) is 1. The van der Waals surface area contributed by atoms with Crippen LogP contribution < -0.4 is 0 Å². The lowest BCUT2D eigenvalue weighted by molar-refractivity contribution is 0.0670. The molecule has 2 unspecified atom stereocenters. The Morgan fingerprint density at radius 2 is 2.00 bits per heavy atom. The first kappa shape index (κ1) is 12.5. The van der Waals surface area contributed by atoms with E-state index in [4.69, 9.17) is 5.11 Å². The van der Waals surface area contributed by atoms with Crippen molar-refractivity contribution in [1.29, 1.82) is 0 Å². The Labute approximate surface area is 89.5 Å². The second-order valence-corrected chi connectivity index (χ2v) is 3.35. The number of rotatable bonds is 4. The summed E-state index contributed by atoms with van der Waals surface area (Å²) in [7, 11) is 0. The third-order valence-corrected chi connectivity index (χ3v) is 2.22. The molecule has 0 amide bonds. The van der Waals surface area contributed by atoms with Gasteiger partial charge in [-0.15, -0.1) is 5.10 Å². The minimum atomic E-state index is -3.01. The molecule has 1 aromatic heterocycles. The molecule has 1 aromatic rings. The van der Waals surface area contributed by atoms with E-state index in [0.29, 0.717) is 0 Å². The van der Waals surface area contributed by atoms with Gasteiger partial charge >= 0.3 is 5.97 Å². The summed E-state index contributed by atoms with van der Waals surface area (Å²) < 4.78 is 26.1. The average Bonchev–Trinajstić information content (AvgIpc) is 2.60. The largest absolute Gasteiger partial charge is 0.476 e. The van der Waals surface area contributed by atoms with Gasteiger partial charge in [-0.25, -0.2) is 18.3 Å². The van der Waals surface area contributed by atoms with Crippen LogP contribution in [0.5, 0.6) is 0 Å². The van der Waals surface area contributed by atoms with Crippen molar-refractivity contribution in [3.63, 3.8) is 0 Å². The molecular formula is C8H11F2N3O3. The van der Waals surface area contributed by atoms with E-state index in [1.54, 1.807) is 0 Å². The summed E-state index contributed by atoms with van der Waals surface area (Å²) in [6.07, 6.45) is -3.96. The summed E-state index contributed by atoms with van der Waals surface area (Å²) in [6, 6.07) is -0.774. The maximum absolute atomic E-state index is 12.7. The van der Waals surface area contributed by atoms with E-state index < -0.39 is 35.9 Å². The van der Waals surface area contributed by atoms with Crippen molar-refractivity contribution >= 4 is 5.97 Å². The molecule has 16 heavy (non-hydrogen) atoms. The molecule has 0 aliphatic rings. The lowest BCUT2D eigenvalue weighted by Gasteiger charge is -2.16. The number of hydrogen-bond acceptors (Lipinski definition) is 4. The molecule has 0 aromatic carbocycles. The van der Waals surface area contributed by atoms with E-state index in [2.05, 4.69) is 10.3 Å². The smallest absolute Gasteiger partial charge is 0.358 e. The molecule has 0 bridgehead atoms. The van der Waals surface area contributed by atoms with Crippen LogP contribution in [0.4, 0.5) is 8.78 Å². The number of aromatic carboxylic acids is 1. The number of alkyl halides is 2. The molecule has 6 nitrogen and oxygen atoms in total. The van der Waals surface area contributed by atoms with Gasteiger partial charge in [0.25, 0.3) is 6.43 Å². The quantitative estimate of drug-likeness (QED) is 0.807. The minimum Gasteiger partial charge on any atom is -0.476 e. The molecule has 0 spiro atoms. The molecule has 0 aliphatic heterocycles. The molecule has 2 N–H and O–H groups in total. The van der Waals surface area contributed by atoms with Crippen LogP contribution in [0, 0.1) is 0 Å². The zero-order chi connectivity index (χ0) is 12.5. The van der Waals surface area contributed by atoms with Gasteiger partial charge in [-0.05, 0) is 13.8 Å². The van der Waals surface area contributed by atoms with Crippen LogP contribution in [0.2, 0.25) is 0 Å². The Hall–Kier alpha value is -1.57. The summed E-state index contributed by atoms with van der Waals surface area (Å²) in [5.41, 5.74) is -1.58. The number of aliphatic hydroxyl groups is 1. The topological polar surface area (TPSA) is 88.2 Å². The van der Waals surface area contributed by atoms with Crippen molar-refractivity contribution in [3.8, 4) is 0 Å². The summed E-state index contributed by atoms with van der Waals surface area (Å²) in [5, 5.41) is 24.4. The second-order valence-electron chi connectivity index (χ2n) is 3.35. The summed E-state index contributed by atoms with van der Waals surface area (Å²) in [5.74, 6) is -1.57. The molecule has 1 rings (SSSR count). The number of carbonyl (C=O) groups is 1. The average molecular weight is 235 g/mol. The lowest BCUT2D eigenvalue weighted by Crippen LogP contribution is -2.22. The van der Waals surface area contributed by atoms with Gasteiger partial charge in [0, 0.05) is 0 Å². The van der Waals surface area contributed by atoms with Crippen LogP contribution in [-0.2, 0) is 0 Å². The van der Waals surface area contributed by atoms with Gasteiger partial charge in [0.05, 0.1) is 12.1 Å². The zero-order valence-corrected chi connectivity index (χ0v) is 8.63. The first-order valence-electron chi connectivity index (χ1n) is 4.50. The van der Waals surface area contributed by atoms with Crippen LogP contribution in [-0.4, -0.2) is 37.3 Å². The molecule has 0 saturated carbocycles. The highest BCUT2D eigenvalue weighted by Crippen LogP contribution is 2.25. The maximum atomic E-state index is 12.7. The highest BCUT2D eigenvalue weighted by Gasteiger charge is 2.29. The van der Waals surface area contributed by atoms with Crippen molar-refractivity contribution in [2.24, 2.45) is 0 Å². The Balaban J connectivity index is 3.25. The monoisotopic (exact) mass is 235 g/mol. The minimum absolute atomic E-state index is 0.735. The van der Waals surface area contributed by atoms with E-state index in [-0.39, 0.29) is 0 Å². The van der Waals surface area contributed by atoms with E-state index in [0.717, 1.165) is 4.68 Å². The third kappa shape index (κ3) is 2.16. The van der Waals surface area contributed by atoms with E-state index >= 15 is 0 Å². The van der Waals surface area contributed by atoms with Crippen LogP contribution in [0.1, 0.15) is 42.5 Å². The van der Waals surface area contributed by atoms with Gasteiger partial charge in [-0.2, -0.15) is 0 Å². The molecule has 0 aliphatic carbocycles. The third-order valence-electron chi connectivity index (χ3n) is 2.22. The highest BCUT2D eigenvalue weighted by atomic mass is 19.3. The van der Waals surface area contributed by atoms with Gasteiger partial charge in [-0.3, -0.25) is 0 Å². The number of carboxylic acids is 1. The number of halogens is 2. The van der Waals surface area contributed by atoms with Crippen LogP contribution in [0.3, 0.4) is 0 Å². The van der Waals surface area contributed by atoms with E-state index in [1.165, 1.54) is 13.8 Å². The molecule has 8 heteroatoms. The predicted molar refractivity (Wildman–Crippen MR) is 48.3 cm³/mol. The van der Waals surface area contributed by atoms with Crippen molar-refractivity contribution in [1.82, 2.24) is 15.0 Å². The van der Waals surface area contributed by atoms with Crippen LogP contribution >= 0.6 is 0 Å². The Morgan fingerprint density at radius 3 is 2.38 bits per heavy atom.